The molecule has 1 rings (SSSR count). The van der Waals surface area contributed by atoms with Crippen molar-refractivity contribution in [3.05, 3.63) is 0 Å². The molecule has 1 aliphatic rings. The summed E-state index contributed by atoms with van der Waals surface area (Å²) in [6.45, 7) is 4.44. The first-order valence-corrected chi connectivity index (χ1v) is 6.95. The van der Waals surface area contributed by atoms with Gasteiger partial charge in [-0.15, -0.1) is 0 Å². The Morgan fingerprint density at radius 3 is 2.55 bits per heavy atom. The largest absolute Gasteiger partial charge is 0.480 e. The zero-order valence-corrected chi connectivity index (χ0v) is 12.0. The number of carbonyl (C=O) groups is 3. The van der Waals surface area contributed by atoms with E-state index in [0.717, 1.165) is 12.8 Å². The van der Waals surface area contributed by atoms with E-state index in [4.69, 9.17) is 5.73 Å². The molecule has 1 heterocycles. The Bertz CT molecular complexity index is 386. The molecule has 7 nitrogen and oxygen atoms in total. The van der Waals surface area contributed by atoms with Crippen LogP contribution in [0.3, 0.4) is 0 Å². The van der Waals surface area contributed by atoms with Gasteiger partial charge in [-0.05, 0) is 18.8 Å². The summed E-state index contributed by atoms with van der Waals surface area (Å²) >= 11 is 0. The number of carboxylic acid groups (broad SMARTS) is 1. The molecular weight excluding hydrogens is 262 g/mol. The van der Waals surface area contributed by atoms with Crippen molar-refractivity contribution in [2.24, 2.45) is 11.7 Å². The molecule has 0 aromatic rings. The van der Waals surface area contributed by atoms with Crippen LogP contribution in [0.2, 0.25) is 0 Å². The standard InChI is InChI=1S/C13H23N3O4/c1-3-4-6-15(8-10(14)17)13(20)16-7-5-9(2)11(16)12(18)19/h9,11H,3-8H2,1-2H3,(H2,14,17)(H,18,19). The number of urea groups is 1. The summed E-state index contributed by atoms with van der Waals surface area (Å²) in [7, 11) is 0. The van der Waals surface area contributed by atoms with Gasteiger partial charge < -0.3 is 20.6 Å². The van der Waals surface area contributed by atoms with Crippen molar-refractivity contribution in [2.45, 2.75) is 39.2 Å². The van der Waals surface area contributed by atoms with Crippen LogP contribution in [0.4, 0.5) is 4.79 Å². The number of carboxylic acids is 1. The highest BCUT2D eigenvalue weighted by molar-refractivity contribution is 5.86. The van der Waals surface area contributed by atoms with Gasteiger partial charge in [0.05, 0.1) is 0 Å². The fraction of sp³-hybridized carbons (Fsp3) is 0.769. The number of aliphatic carboxylic acids is 1. The quantitative estimate of drug-likeness (QED) is 0.741. The van der Waals surface area contributed by atoms with E-state index in [1.165, 1.54) is 9.80 Å². The van der Waals surface area contributed by atoms with Crippen LogP contribution in [0.15, 0.2) is 0 Å². The van der Waals surface area contributed by atoms with Crippen LogP contribution in [0.1, 0.15) is 33.1 Å². The number of amides is 3. The van der Waals surface area contributed by atoms with Crippen LogP contribution >= 0.6 is 0 Å². The average Bonchev–Trinajstić information content (AvgIpc) is 2.75. The predicted octanol–water partition coefficient (Wildman–Crippen LogP) is 0.489. The number of nitrogens with two attached hydrogens (primary N) is 1. The Labute approximate surface area is 118 Å². The van der Waals surface area contributed by atoms with E-state index in [9.17, 15) is 19.5 Å². The second-order valence-electron chi connectivity index (χ2n) is 5.27. The molecule has 2 atom stereocenters. The van der Waals surface area contributed by atoms with E-state index in [-0.39, 0.29) is 12.5 Å². The normalized spacial score (nSPS) is 21.8. The molecule has 3 N–H and O–H groups in total. The van der Waals surface area contributed by atoms with Crippen LogP contribution in [-0.2, 0) is 9.59 Å². The Hall–Kier alpha value is -1.79. The molecule has 1 saturated heterocycles. The number of unbranched alkanes of at least 4 members (excludes halogenated alkanes) is 1. The minimum Gasteiger partial charge on any atom is -0.480 e. The van der Waals surface area contributed by atoms with Crippen LogP contribution in [0, 0.1) is 5.92 Å². The lowest BCUT2D eigenvalue weighted by molar-refractivity contribution is -0.142. The van der Waals surface area contributed by atoms with Gasteiger partial charge in [0.2, 0.25) is 5.91 Å². The maximum absolute atomic E-state index is 12.4. The highest BCUT2D eigenvalue weighted by atomic mass is 16.4. The fourth-order valence-corrected chi connectivity index (χ4v) is 2.50. The molecule has 1 fully saturated rings. The van der Waals surface area contributed by atoms with Crippen molar-refractivity contribution >= 4 is 17.9 Å². The Morgan fingerprint density at radius 2 is 2.05 bits per heavy atom. The highest BCUT2D eigenvalue weighted by Gasteiger charge is 2.41. The summed E-state index contributed by atoms with van der Waals surface area (Å²) in [5.41, 5.74) is 5.16. The van der Waals surface area contributed by atoms with Gasteiger partial charge in [0.1, 0.15) is 12.6 Å². The second-order valence-corrected chi connectivity index (χ2v) is 5.27. The molecule has 0 radical (unpaired) electrons. The topological polar surface area (TPSA) is 104 Å². The minimum atomic E-state index is -1.00. The van der Waals surface area contributed by atoms with E-state index in [2.05, 4.69) is 0 Å². The van der Waals surface area contributed by atoms with Crippen molar-refractivity contribution in [3.63, 3.8) is 0 Å². The van der Waals surface area contributed by atoms with Crippen molar-refractivity contribution in [2.75, 3.05) is 19.6 Å². The summed E-state index contributed by atoms with van der Waals surface area (Å²) < 4.78 is 0. The monoisotopic (exact) mass is 285 g/mol. The first-order valence-electron chi connectivity index (χ1n) is 6.95. The lowest BCUT2D eigenvalue weighted by Gasteiger charge is -2.30. The number of rotatable bonds is 6. The molecule has 0 aliphatic carbocycles. The smallest absolute Gasteiger partial charge is 0.326 e. The van der Waals surface area contributed by atoms with E-state index in [1.54, 1.807) is 0 Å². The lowest BCUT2D eigenvalue weighted by atomic mass is 10.0. The zero-order valence-electron chi connectivity index (χ0n) is 12.0. The van der Waals surface area contributed by atoms with E-state index in [1.807, 2.05) is 13.8 Å². The molecular formula is C13H23N3O4. The number of nitrogens with zero attached hydrogens (tertiary/aromatic N) is 2. The van der Waals surface area contributed by atoms with Crippen molar-refractivity contribution in [3.8, 4) is 0 Å². The van der Waals surface area contributed by atoms with Gasteiger partial charge >= 0.3 is 12.0 Å². The highest BCUT2D eigenvalue weighted by Crippen LogP contribution is 2.25. The summed E-state index contributed by atoms with van der Waals surface area (Å²) in [6, 6.07) is -1.23. The van der Waals surface area contributed by atoms with Gasteiger partial charge in [0.15, 0.2) is 0 Å². The molecule has 114 valence electrons. The van der Waals surface area contributed by atoms with Gasteiger partial charge in [-0.25, -0.2) is 9.59 Å². The molecule has 0 bridgehead atoms. The fourth-order valence-electron chi connectivity index (χ4n) is 2.50. The molecule has 0 spiro atoms. The van der Waals surface area contributed by atoms with Crippen molar-refractivity contribution < 1.29 is 19.5 Å². The molecule has 0 aromatic carbocycles. The summed E-state index contributed by atoms with van der Waals surface area (Å²) in [5, 5.41) is 9.24. The van der Waals surface area contributed by atoms with Crippen LogP contribution < -0.4 is 5.73 Å². The first kappa shape index (κ1) is 16.3. The van der Waals surface area contributed by atoms with E-state index in [0.29, 0.717) is 19.5 Å². The predicted molar refractivity (Wildman–Crippen MR) is 73.0 cm³/mol. The summed E-state index contributed by atoms with van der Waals surface area (Å²) in [5.74, 6) is -1.68. The number of primary amides is 1. The van der Waals surface area contributed by atoms with Gasteiger partial charge in [-0.2, -0.15) is 0 Å². The van der Waals surface area contributed by atoms with Gasteiger partial charge in [-0.1, -0.05) is 20.3 Å². The van der Waals surface area contributed by atoms with Crippen LogP contribution in [0.5, 0.6) is 0 Å². The maximum atomic E-state index is 12.4. The second kappa shape index (κ2) is 7.12. The van der Waals surface area contributed by atoms with E-state index >= 15 is 0 Å². The molecule has 0 saturated carbocycles. The number of hydrogen-bond acceptors (Lipinski definition) is 3. The molecule has 7 heteroatoms. The molecule has 0 aromatic heterocycles. The van der Waals surface area contributed by atoms with Gasteiger partial charge in [-0.3, -0.25) is 4.79 Å². The van der Waals surface area contributed by atoms with E-state index < -0.39 is 23.9 Å². The van der Waals surface area contributed by atoms with Crippen molar-refractivity contribution in [1.29, 1.82) is 0 Å². The maximum Gasteiger partial charge on any atom is 0.326 e. The van der Waals surface area contributed by atoms with Crippen LogP contribution in [-0.4, -0.2) is 58.5 Å². The molecule has 1 aliphatic heterocycles. The average molecular weight is 285 g/mol. The first-order chi connectivity index (χ1) is 9.38. The Morgan fingerprint density at radius 1 is 1.40 bits per heavy atom. The van der Waals surface area contributed by atoms with Crippen LogP contribution in [0.25, 0.3) is 0 Å². The van der Waals surface area contributed by atoms with Crippen molar-refractivity contribution in [1.82, 2.24) is 9.80 Å². The summed E-state index contributed by atoms with van der Waals surface area (Å²) in [6.07, 6.45) is 2.28. The summed E-state index contributed by atoms with van der Waals surface area (Å²) in [4.78, 5) is 37.5. The Balaban J connectivity index is 2.82. The third-order valence-electron chi connectivity index (χ3n) is 3.60. The third-order valence-corrected chi connectivity index (χ3v) is 3.60. The molecule has 2 unspecified atom stereocenters. The third kappa shape index (κ3) is 3.85. The molecule has 3 amide bonds. The minimum absolute atomic E-state index is 0.0851. The van der Waals surface area contributed by atoms with Gasteiger partial charge in [0, 0.05) is 13.1 Å². The lowest BCUT2D eigenvalue weighted by Crippen LogP contribution is -2.51. The Kier molecular flexibility index (Phi) is 5.79. The SMILES string of the molecule is CCCCN(CC(N)=O)C(=O)N1CCC(C)C1C(=O)O. The zero-order chi connectivity index (χ0) is 15.3. The molecule has 20 heavy (non-hydrogen) atoms. The number of carbonyl (C=O) groups excluding carboxylic acids is 2. The van der Waals surface area contributed by atoms with Gasteiger partial charge in [0.25, 0.3) is 0 Å². The number of hydrogen-bond donors (Lipinski definition) is 2. The number of likely N-dealkylation sites (tertiary alicyclic amines) is 1.